The van der Waals surface area contributed by atoms with E-state index in [9.17, 15) is 9.18 Å². The summed E-state index contributed by atoms with van der Waals surface area (Å²) in [7, 11) is 0. The smallest absolute Gasteiger partial charge is 0.252 e. The first-order valence-corrected chi connectivity index (χ1v) is 7.31. The van der Waals surface area contributed by atoms with Crippen LogP contribution in [0, 0.1) is 23.1 Å². The van der Waals surface area contributed by atoms with E-state index < -0.39 is 5.82 Å². The lowest BCUT2D eigenvalue weighted by atomic mass is 9.89. The average Bonchev–Trinajstić information content (AvgIpc) is 2.91. The largest absolute Gasteiger partial charge is 0.351 e. The van der Waals surface area contributed by atoms with E-state index in [0.717, 1.165) is 12.8 Å². The van der Waals surface area contributed by atoms with Crippen LogP contribution in [0.4, 0.5) is 4.39 Å². The summed E-state index contributed by atoms with van der Waals surface area (Å²) >= 11 is 0. The van der Waals surface area contributed by atoms with Gasteiger partial charge in [-0.3, -0.25) is 4.79 Å². The highest BCUT2D eigenvalue weighted by atomic mass is 19.1. The normalized spacial score (nSPS) is 16.1. The zero-order valence-corrected chi connectivity index (χ0v) is 12.3. The Morgan fingerprint density at radius 1 is 1.43 bits per heavy atom. The molecule has 0 heterocycles. The zero-order valence-electron chi connectivity index (χ0n) is 12.3. The molecule has 1 aliphatic rings. The molecule has 3 nitrogen and oxygen atoms in total. The maximum Gasteiger partial charge on any atom is 0.252 e. The summed E-state index contributed by atoms with van der Waals surface area (Å²) in [6.07, 6.45) is 4.66. The predicted molar refractivity (Wildman–Crippen MR) is 81.2 cm³/mol. The summed E-state index contributed by atoms with van der Waals surface area (Å²) in [5.74, 6) is 4.80. The Morgan fingerprint density at radius 2 is 2.14 bits per heavy atom. The number of rotatable bonds is 3. The van der Waals surface area contributed by atoms with E-state index in [1.54, 1.807) is 0 Å². The zero-order chi connectivity index (χ0) is 15.3. The third kappa shape index (κ3) is 4.05. The van der Waals surface area contributed by atoms with Crippen molar-refractivity contribution in [2.24, 2.45) is 11.1 Å². The Bertz CT molecular complexity index is 580. The third-order valence-corrected chi connectivity index (χ3v) is 4.04. The van der Waals surface area contributed by atoms with Crippen molar-refractivity contribution in [1.29, 1.82) is 0 Å². The quantitative estimate of drug-likeness (QED) is 0.839. The van der Waals surface area contributed by atoms with E-state index in [4.69, 9.17) is 5.73 Å². The van der Waals surface area contributed by atoms with Crippen LogP contribution in [0.3, 0.4) is 0 Å². The van der Waals surface area contributed by atoms with Crippen LogP contribution in [0.2, 0.25) is 0 Å². The first-order valence-electron chi connectivity index (χ1n) is 7.31. The van der Waals surface area contributed by atoms with Gasteiger partial charge < -0.3 is 11.1 Å². The summed E-state index contributed by atoms with van der Waals surface area (Å²) in [5, 5.41) is 2.92. The van der Waals surface area contributed by atoms with Crippen molar-refractivity contribution in [3.05, 3.63) is 35.1 Å². The van der Waals surface area contributed by atoms with Crippen LogP contribution in [0.1, 0.15) is 48.5 Å². The molecular weight excluding hydrogens is 267 g/mol. The lowest BCUT2D eigenvalue weighted by Gasteiger charge is -2.23. The van der Waals surface area contributed by atoms with Crippen molar-refractivity contribution in [1.82, 2.24) is 5.32 Å². The molecule has 4 heteroatoms. The van der Waals surface area contributed by atoms with Gasteiger partial charge in [-0.2, -0.15) is 0 Å². The molecule has 0 spiro atoms. The van der Waals surface area contributed by atoms with Crippen LogP contribution in [0.5, 0.6) is 0 Å². The highest BCUT2D eigenvalue weighted by molar-refractivity contribution is 5.96. The van der Waals surface area contributed by atoms with Crippen LogP contribution in [-0.4, -0.2) is 19.0 Å². The SMILES string of the molecule is CC1(CNC(=O)c2cc(F)ccc2C#CCN)CCCC1. The third-order valence-electron chi connectivity index (χ3n) is 4.04. The van der Waals surface area contributed by atoms with Gasteiger partial charge in [-0.1, -0.05) is 31.6 Å². The first-order chi connectivity index (χ1) is 10.0. The standard InChI is InChI=1S/C17H21FN2O/c1-17(8-2-3-9-17)12-20-16(21)15-11-14(18)7-6-13(15)5-4-10-19/h6-7,11H,2-3,8-10,12,19H2,1H3,(H,20,21). The topological polar surface area (TPSA) is 55.1 Å². The minimum absolute atomic E-state index is 0.159. The van der Waals surface area contributed by atoms with E-state index in [-0.39, 0.29) is 23.4 Å². The number of amides is 1. The number of carbonyl (C=O) groups is 1. The molecule has 1 aromatic rings. The summed E-state index contributed by atoms with van der Waals surface area (Å²) in [5.41, 5.74) is 6.29. The molecule has 3 N–H and O–H groups in total. The number of halogens is 1. The van der Waals surface area contributed by atoms with Gasteiger partial charge in [0.25, 0.3) is 5.91 Å². The molecule has 112 valence electrons. The van der Waals surface area contributed by atoms with Gasteiger partial charge in [0.15, 0.2) is 0 Å². The molecule has 1 aliphatic carbocycles. The number of hydrogen-bond donors (Lipinski definition) is 2. The fourth-order valence-corrected chi connectivity index (χ4v) is 2.75. The van der Waals surface area contributed by atoms with Crippen LogP contribution in [-0.2, 0) is 0 Å². The minimum Gasteiger partial charge on any atom is -0.351 e. The van der Waals surface area contributed by atoms with Crippen LogP contribution in [0.15, 0.2) is 18.2 Å². The number of benzene rings is 1. The predicted octanol–water partition coefficient (Wildman–Crippen LogP) is 2.45. The minimum atomic E-state index is -0.439. The van der Waals surface area contributed by atoms with Crippen molar-refractivity contribution in [2.45, 2.75) is 32.6 Å². The maximum atomic E-state index is 13.4. The van der Waals surface area contributed by atoms with E-state index >= 15 is 0 Å². The lowest BCUT2D eigenvalue weighted by Crippen LogP contribution is -2.34. The molecule has 0 bridgehead atoms. The van der Waals surface area contributed by atoms with Crippen LogP contribution in [0.25, 0.3) is 0 Å². The van der Waals surface area contributed by atoms with Gasteiger partial charge in [0.1, 0.15) is 5.82 Å². The van der Waals surface area contributed by atoms with E-state index in [1.165, 1.54) is 31.0 Å². The van der Waals surface area contributed by atoms with Gasteiger partial charge in [-0.15, -0.1) is 0 Å². The second-order valence-electron chi connectivity index (χ2n) is 5.90. The van der Waals surface area contributed by atoms with Gasteiger partial charge >= 0.3 is 0 Å². The highest BCUT2D eigenvalue weighted by Crippen LogP contribution is 2.36. The number of carbonyl (C=O) groups excluding carboxylic acids is 1. The summed E-state index contributed by atoms with van der Waals surface area (Å²) in [4.78, 5) is 12.3. The highest BCUT2D eigenvalue weighted by Gasteiger charge is 2.29. The fourth-order valence-electron chi connectivity index (χ4n) is 2.75. The number of nitrogens with one attached hydrogen (secondary N) is 1. The monoisotopic (exact) mass is 288 g/mol. The van der Waals surface area contributed by atoms with E-state index in [2.05, 4.69) is 24.1 Å². The molecule has 21 heavy (non-hydrogen) atoms. The maximum absolute atomic E-state index is 13.4. The van der Waals surface area contributed by atoms with Crippen molar-refractivity contribution in [2.75, 3.05) is 13.1 Å². The Kier molecular flexibility index (Phi) is 4.98. The molecule has 1 saturated carbocycles. The molecule has 0 aromatic heterocycles. The van der Waals surface area contributed by atoms with Gasteiger partial charge in [-0.25, -0.2) is 4.39 Å². The van der Waals surface area contributed by atoms with Gasteiger partial charge in [0, 0.05) is 12.1 Å². The second-order valence-corrected chi connectivity index (χ2v) is 5.90. The molecule has 0 unspecified atom stereocenters. The van der Waals surface area contributed by atoms with E-state index in [0.29, 0.717) is 12.1 Å². The summed E-state index contributed by atoms with van der Waals surface area (Å²) < 4.78 is 13.4. The van der Waals surface area contributed by atoms with E-state index in [1.807, 2.05) is 0 Å². The molecule has 2 rings (SSSR count). The first kappa shape index (κ1) is 15.5. The second kappa shape index (κ2) is 6.73. The Labute approximate surface area is 125 Å². The Balaban J connectivity index is 2.12. The van der Waals surface area contributed by atoms with Gasteiger partial charge in [0.2, 0.25) is 0 Å². The van der Waals surface area contributed by atoms with Gasteiger partial charge in [0.05, 0.1) is 12.1 Å². The molecule has 1 amide bonds. The average molecular weight is 288 g/mol. The molecular formula is C17H21FN2O. The molecule has 0 aliphatic heterocycles. The fraction of sp³-hybridized carbons (Fsp3) is 0.471. The van der Waals surface area contributed by atoms with Crippen molar-refractivity contribution >= 4 is 5.91 Å². The van der Waals surface area contributed by atoms with Crippen molar-refractivity contribution < 1.29 is 9.18 Å². The molecule has 0 atom stereocenters. The van der Waals surface area contributed by atoms with Crippen molar-refractivity contribution in [3.63, 3.8) is 0 Å². The molecule has 0 radical (unpaired) electrons. The number of nitrogens with two attached hydrogens (primary N) is 1. The summed E-state index contributed by atoms with van der Waals surface area (Å²) in [6.45, 7) is 3.00. The van der Waals surface area contributed by atoms with Crippen LogP contribution < -0.4 is 11.1 Å². The molecule has 0 saturated heterocycles. The lowest BCUT2D eigenvalue weighted by molar-refractivity contribution is 0.0933. The Hall–Kier alpha value is -1.86. The Morgan fingerprint density at radius 3 is 2.81 bits per heavy atom. The van der Waals surface area contributed by atoms with Crippen molar-refractivity contribution in [3.8, 4) is 11.8 Å². The van der Waals surface area contributed by atoms with Crippen LogP contribution >= 0.6 is 0 Å². The number of hydrogen-bond acceptors (Lipinski definition) is 2. The summed E-state index contributed by atoms with van der Waals surface area (Å²) in [6, 6.07) is 4.05. The molecule has 1 aromatic carbocycles. The molecule has 1 fully saturated rings. The van der Waals surface area contributed by atoms with Gasteiger partial charge in [-0.05, 0) is 36.5 Å².